The van der Waals surface area contributed by atoms with Crippen LogP contribution < -0.4 is 0 Å². The summed E-state index contributed by atoms with van der Waals surface area (Å²) in [7, 11) is 0. The number of piperidine rings is 1. The van der Waals surface area contributed by atoms with Crippen LogP contribution in [-0.4, -0.2) is 56.5 Å². The topological polar surface area (TPSA) is 127 Å². The van der Waals surface area contributed by atoms with E-state index in [0.29, 0.717) is 38.3 Å². The third kappa shape index (κ3) is 22.2. The molecule has 3 atom stereocenters. The maximum Gasteiger partial charge on any atom is 0.307 e. The second-order valence-electron chi connectivity index (χ2n) is 17.5. The van der Waals surface area contributed by atoms with Crippen LogP contribution in [0.25, 0.3) is 11.0 Å². The molecule has 3 rings (SSSR count). The van der Waals surface area contributed by atoms with Crippen LogP contribution in [0.15, 0.2) is 55.0 Å². The molecule has 1 amide bonds. The van der Waals surface area contributed by atoms with E-state index in [9.17, 15) is 14.4 Å². The molecule has 0 aliphatic carbocycles. The summed E-state index contributed by atoms with van der Waals surface area (Å²) in [5.41, 5.74) is 1.65. The number of hydrogen-bond acceptors (Lipinski definition) is 8. The molecule has 0 saturated carbocycles. The molecule has 10 heteroatoms. The lowest BCUT2D eigenvalue weighted by atomic mass is 9.83. The molecular formula is C52H81N5O5. The number of rotatable bonds is 34. The number of carbonyl (C=O) groups excluding carboxylic acids is 3. The van der Waals surface area contributed by atoms with Gasteiger partial charge in [-0.05, 0) is 101 Å². The van der Waals surface area contributed by atoms with Crippen molar-refractivity contribution in [2.24, 2.45) is 11.8 Å². The zero-order chi connectivity index (χ0) is 44.5. The summed E-state index contributed by atoms with van der Waals surface area (Å²) in [5.74, 6) is 0.324. The lowest BCUT2D eigenvalue weighted by molar-refractivity contribution is -0.149. The van der Waals surface area contributed by atoms with Gasteiger partial charge >= 0.3 is 11.9 Å². The highest BCUT2D eigenvalue weighted by atomic mass is 16.5. The molecular weight excluding hydrogens is 775 g/mol. The fourth-order valence-electron chi connectivity index (χ4n) is 8.21. The van der Waals surface area contributed by atoms with E-state index in [1.54, 1.807) is 6.33 Å². The Kier molecular flexibility index (Phi) is 28.0. The molecule has 1 aliphatic rings. The van der Waals surface area contributed by atoms with Gasteiger partial charge in [-0.2, -0.15) is 5.26 Å². The molecule has 1 fully saturated rings. The highest BCUT2D eigenvalue weighted by molar-refractivity contribution is 5.79. The van der Waals surface area contributed by atoms with Crippen LogP contribution in [0.5, 0.6) is 0 Å². The molecule has 0 bridgehead atoms. The van der Waals surface area contributed by atoms with Crippen molar-refractivity contribution in [3.05, 3.63) is 60.7 Å². The van der Waals surface area contributed by atoms with Crippen LogP contribution in [-0.2, 0) is 37.0 Å². The minimum Gasteiger partial charge on any atom is -0.462 e. The number of nitrogens with zero attached hydrogens (tertiary/aromatic N) is 5. The molecule has 2 aromatic heterocycles. The second kappa shape index (κ2) is 33.3. The summed E-state index contributed by atoms with van der Waals surface area (Å²) < 4.78 is 13.4. The quantitative estimate of drug-likeness (QED) is 0.0387. The molecule has 0 spiro atoms. The number of carbonyl (C=O) groups is 3. The zero-order valence-electron chi connectivity index (χ0n) is 38.9. The standard InChI is InChI=1S/C52H81N5O5/c1-4-6-8-10-11-12-13-14-15-16-17-22-25-29-33-51(60)62-46(30-26-9-7-5-2)31-27-23-20-18-19-21-24-28-32-50(59)61-43-57-39-36-47-48(54-42-55-52(47)57)40-45-41-56(38-35-44(45)3)49(58)34-37-53/h11-12,14-15,23,27,36,39,42,44-46H,4-10,13,16-22,24-26,28-35,38,40-41,43H2,1-3H3/b12-11-,15-14-,27-23-/t44-,45-,46-/m1/s1. The lowest BCUT2D eigenvalue weighted by Crippen LogP contribution is -2.43. The van der Waals surface area contributed by atoms with E-state index < -0.39 is 0 Å². The molecule has 10 nitrogen and oxygen atoms in total. The van der Waals surface area contributed by atoms with Crippen LogP contribution in [0, 0.1) is 23.2 Å². The van der Waals surface area contributed by atoms with Gasteiger partial charge in [-0.15, -0.1) is 0 Å². The number of allylic oxidation sites excluding steroid dienone is 5. The minimum atomic E-state index is -0.206. The van der Waals surface area contributed by atoms with Crippen molar-refractivity contribution in [1.29, 1.82) is 5.26 Å². The van der Waals surface area contributed by atoms with E-state index in [0.717, 1.165) is 113 Å². The molecule has 0 unspecified atom stereocenters. The van der Waals surface area contributed by atoms with E-state index >= 15 is 0 Å². The Labute approximate surface area is 375 Å². The van der Waals surface area contributed by atoms with Gasteiger partial charge in [0.05, 0.1) is 11.8 Å². The molecule has 2 aromatic rings. The van der Waals surface area contributed by atoms with E-state index in [-0.39, 0.29) is 43.0 Å². The van der Waals surface area contributed by atoms with E-state index in [1.165, 1.54) is 51.4 Å². The van der Waals surface area contributed by atoms with Gasteiger partial charge in [0.1, 0.15) is 24.5 Å². The maximum atomic E-state index is 12.7. The first kappa shape index (κ1) is 52.1. The first-order valence-corrected chi connectivity index (χ1v) is 24.6. The Morgan fingerprint density at radius 1 is 0.806 bits per heavy atom. The zero-order valence-corrected chi connectivity index (χ0v) is 38.9. The van der Waals surface area contributed by atoms with E-state index in [4.69, 9.17) is 14.7 Å². The summed E-state index contributed by atoms with van der Waals surface area (Å²) in [6.45, 7) is 8.10. The molecule has 0 radical (unpaired) electrons. The predicted octanol–water partition coefficient (Wildman–Crippen LogP) is 12.9. The summed E-state index contributed by atoms with van der Waals surface area (Å²) in [6, 6.07) is 3.95. The molecule has 0 aromatic carbocycles. The highest BCUT2D eigenvalue weighted by Gasteiger charge is 2.30. The average Bonchev–Trinajstić information content (AvgIpc) is 3.69. The summed E-state index contributed by atoms with van der Waals surface area (Å²) in [4.78, 5) is 48.5. The van der Waals surface area contributed by atoms with Crippen molar-refractivity contribution in [3.8, 4) is 6.07 Å². The molecule has 62 heavy (non-hydrogen) atoms. The summed E-state index contributed by atoms with van der Waals surface area (Å²) in [6.07, 6.45) is 43.6. The van der Waals surface area contributed by atoms with Gasteiger partial charge < -0.3 is 14.4 Å². The Balaban J connectivity index is 1.25. The van der Waals surface area contributed by atoms with Crippen molar-refractivity contribution < 1.29 is 23.9 Å². The van der Waals surface area contributed by atoms with Gasteiger partial charge in [0, 0.05) is 43.9 Å². The smallest absolute Gasteiger partial charge is 0.307 e. The number of esters is 2. The number of fused-ring (bicyclic) bond motifs is 1. The van der Waals surface area contributed by atoms with Crippen LogP contribution in [0.4, 0.5) is 0 Å². The van der Waals surface area contributed by atoms with Crippen LogP contribution in [0.1, 0.15) is 193 Å². The molecule has 344 valence electrons. The first-order chi connectivity index (χ1) is 30.4. The van der Waals surface area contributed by atoms with Gasteiger partial charge in [-0.25, -0.2) is 9.97 Å². The highest BCUT2D eigenvalue weighted by Crippen LogP contribution is 2.29. The summed E-state index contributed by atoms with van der Waals surface area (Å²) >= 11 is 0. The summed E-state index contributed by atoms with van der Waals surface area (Å²) in [5, 5.41) is 9.90. The number of likely N-dealkylation sites (tertiary alicyclic amines) is 1. The fourth-order valence-corrected chi connectivity index (χ4v) is 8.21. The number of ether oxygens (including phenoxy) is 2. The van der Waals surface area contributed by atoms with Crippen LogP contribution >= 0.6 is 0 Å². The number of unbranched alkanes of at least 4 members (excludes halogenated alkanes) is 15. The van der Waals surface area contributed by atoms with Gasteiger partial charge in [0.2, 0.25) is 5.91 Å². The fraction of sp³-hybridized carbons (Fsp3) is 0.692. The van der Waals surface area contributed by atoms with E-state index in [1.807, 2.05) is 27.8 Å². The predicted molar refractivity (Wildman–Crippen MR) is 251 cm³/mol. The maximum absolute atomic E-state index is 12.7. The van der Waals surface area contributed by atoms with Gasteiger partial charge in [0.15, 0.2) is 6.73 Å². The van der Waals surface area contributed by atoms with Crippen LogP contribution in [0.2, 0.25) is 0 Å². The third-order valence-corrected chi connectivity index (χ3v) is 12.2. The van der Waals surface area contributed by atoms with Crippen LogP contribution in [0.3, 0.4) is 0 Å². The molecule has 0 N–H and O–H groups in total. The van der Waals surface area contributed by atoms with Gasteiger partial charge in [0.25, 0.3) is 0 Å². The van der Waals surface area contributed by atoms with Crippen molar-refractivity contribution in [2.45, 2.75) is 207 Å². The minimum absolute atomic E-state index is 0.0267. The third-order valence-electron chi connectivity index (χ3n) is 12.2. The normalized spacial score (nSPS) is 16.1. The molecule has 1 aliphatic heterocycles. The largest absolute Gasteiger partial charge is 0.462 e. The Hall–Kier alpha value is -4.26. The number of amides is 1. The lowest BCUT2D eigenvalue weighted by Gasteiger charge is -2.36. The Bertz CT molecular complexity index is 1670. The number of aromatic nitrogens is 3. The van der Waals surface area contributed by atoms with Crippen molar-refractivity contribution in [3.63, 3.8) is 0 Å². The molecule has 1 saturated heterocycles. The average molecular weight is 856 g/mol. The van der Waals surface area contributed by atoms with Gasteiger partial charge in [-0.3, -0.25) is 19.0 Å². The molecule has 3 heterocycles. The first-order valence-electron chi connectivity index (χ1n) is 24.6. The SMILES string of the molecule is CCCCC/C=C\C/C=C\CCCCCCC(=O)O[C@@H](C/C=C\CCCCCCCC(=O)OCn1ccc2c(C[C@@H]3CN(C(=O)CC#N)CC[C@H]3C)ncnc21)CCCCCC. The Morgan fingerprint density at radius 2 is 1.44 bits per heavy atom. The Morgan fingerprint density at radius 3 is 2.15 bits per heavy atom. The van der Waals surface area contributed by atoms with Crippen molar-refractivity contribution in [2.75, 3.05) is 13.1 Å². The van der Waals surface area contributed by atoms with Crippen molar-refractivity contribution >= 4 is 28.9 Å². The number of nitriles is 1. The van der Waals surface area contributed by atoms with Crippen molar-refractivity contribution in [1.82, 2.24) is 19.4 Å². The second-order valence-corrected chi connectivity index (χ2v) is 17.5. The van der Waals surface area contributed by atoms with E-state index in [2.05, 4.69) is 67.2 Å². The van der Waals surface area contributed by atoms with Gasteiger partial charge in [-0.1, -0.05) is 121 Å². The monoisotopic (exact) mass is 856 g/mol. The number of hydrogen-bond donors (Lipinski definition) is 0.